The lowest BCUT2D eigenvalue weighted by Gasteiger charge is -2.29. The molecule has 3 heteroatoms. The Morgan fingerprint density at radius 3 is 1.60 bits per heavy atom. The van der Waals surface area contributed by atoms with Gasteiger partial charge in [0.25, 0.3) is 0 Å². The number of fused-ring (bicyclic) bond motifs is 11. The summed E-state index contributed by atoms with van der Waals surface area (Å²) in [5, 5.41) is 4.92. The lowest BCUT2D eigenvalue weighted by Crippen LogP contribution is -2.16. The summed E-state index contributed by atoms with van der Waals surface area (Å²) in [5.41, 5.74) is 17.8. The highest BCUT2D eigenvalue weighted by Crippen LogP contribution is 2.53. The zero-order chi connectivity index (χ0) is 38.5. The maximum absolute atomic E-state index is 2.45. The third kappa shape index (κ3) is 4.80. The monoisotopic (exact) mass is 741 g/mol. The number of nitrogens with zero attached hydrogens (tertiary/aromatic N) is 3. The highest BCUT2D eigenvalue weighted by atomic mass is 15.2. The SMILES string of the molecule is CC1(C)c2ccc3cc2-c2cc(ccc21)N(c1cccc2ccccc12)c1cccc(c1)-c1cccc(c1)N3c1ccc2c(c1)c1ccccc1n2-c1ccccc1. The topological polar surface area (TPSA) is 11.4 Å². The maximum Gasteiger partial charge on any atom is 0.0542 e. The van der Waals surface area contributed by atoms with Crippen LogP contribution in [0.4, 0.5) is 34.1 Å². The van der Waals surface area contributed by atoms with E-state index in [-0.39, 0.29) is 5.41 Å². The van der Waals surface area contributed by atoms with E-state index in [9.17, 15) is 0 Å². The average Bonchev–Trinajstić information content (AvgIpc) is 3.71. The van der Waals surface area contributed by atoms with Gasteiger partial charge in [0.15, 0.2) is 0 Å². The molecule has 0 fully saturated rings. The second-order valence-electron chi connectivity index (χ2n) is 16.2. The quantitative estimate of drug-likeness (QED) is 0.179. The first-order valence-electron chi connectivity index (χ1n) is 20.2. The number of hydrogen-bond acceptors (Lipinski definition) is 2. The molecule has 10 aromatic rings. The van der Waals surface area contributed by atoms with Gasteiger partial charge < -0.3 is 14.4 Å². The fourth-order valence-corrected chi connectivity index (χ4v) is 9.91. The molecule has 0 radical (unpaired) electrons. The molecule has 2 heterocycles. The Kier molecular flexibility index (Phi) is 6.98. The molecule has 0 saturated carbocycles. The van der Waals surface area contributed by atoms with Crippen molar-refractivity contribution < 1.29 is 0 Å². The van der Waals surface area contributed by atoms with Gasteiger partial charge in [0.05, 0.1) is 16.7 Å². The van der Waals surface area contributed by atoms with E-state index in [4.69, 9.17) is 0 Å². The van der Waals surface area contributed by atoms with Crippen LogP contribution in [0.15, 0.2) is 200 Å². The molecule has 0 saturated heterocycles. The Hall–Kier alpha value is -7.36. The van der Waals surface area contributed by atoms with E-state index in [2.05, 4.69) is 228 Å². The molecule has 3 nitrogen and oxygen atoms in total. The average molecular weight is 742 g/mol. The van der Waals surface area contributed by atoms with Gasteiger partial charge >= 0.3 is 0 Å². The number of para-hydroxylation sites is 2. The molecule has 0 unspecified atom stereocenters. The van der Waals surface area contributed by atoms with E-state index in [1.54, 1.807) is 0 Å². The van der Waals surface area contributed by atoms with Crippen LogP contribution in [0, 0.1) is 0 Å². The molecular weight excluding hydrogens is 703 g/mol. The third-order valence-electron chi connectivity index (χ3n) is 12.6. The van der Waals surface area contributed by atoms with Crippen molar-refractivity contribution in [2.45, 2.75) is 19.3 Å². The van der Waals surface area contributed by atoms with Crippen molar-refractivity contribution in [2.24, 2.45) is 0 Å². The van der Waals surface area contributed by atoms with Crippen molar-refractivity contribution in [2.75, 3.05) is 9.80 Å². The van der Waals surface area contributed by atoms with Crippen molar-refractivity contribution in [3.8, 4) is 27.9 Å². The second-order valence-corrected chi connectivity index (χ2v) is 16.2. The molecule has 0 amide bonds. The molecule has 9 aromatic carbocycles. The Bertz CT molecular complexity index is 3270. The molecule has 2 aliphatic rings. The summed E-state index contributed by atoms with van der Waals surface area (Å²) in [4.78, 5) is 4.90. The Morgan fingerprint density at radius 2 is 0.862 bits per heavy atom. The predicted octanol–water partition coefficient (Wildman–Crippen LogP) is 15.2. The van der Waals surface area contributed by atoms with Crippen LogP contribution in [0.3, 0.4) is 0 Å². The molecule has 0 spiro atoms. The zero-order valence-electron chi connectivity index (χ0n) is 32.4. The second kappa shape index (κ2) is 12.3. The number of hydrogen-bond donors (Lipinski definition) is 0. The van der Waals surface area contributed by atoms with Crippen LogP contribution in [-0.2, 0) is 5.41 Å². The molecule has 1 aliphatic carbocycles. The fourth-order valence-electron chi connectivity index (χ4n) is 9.91. The summed E-state index contributed by atoms with van der Waals surface area (Å²) >= 11 is 0. The van der Waals surface area contributed by atoms with Gasteiger partial charge in [0.1, 0.15) is 0 Å². The lowest BCUT2D eigenvalue weighted by atomic mass is 9.82. The summed E-state index contributed by atoms with van der Waals surface area (Å²) in [7, 11) is 0. The Morgan fingerprint density at radius 1 is 0.345 bits per heavy atom. The van der Waals surface area contributed by atoms with Crippen LogP contribution in [-0.4, -0.2) is 4.57 Å². The summed E-state index contributed by atoms with van der Waals surface area (Å²) < 4.78 is 2.39. The van der Waals surface area contributed by atoms with Gasteiger partial charge in [-0.1, -0.05) is 123 Å². The minimum Gasteiger partial charge on any atom is -0.310 e. The molecule has 274 valence electrons. The minimum atomic E-state index is -0.150. The molecule has 8 bridgehead atoms. The summed E-state index contributed by atoms with van der Waals surface area (Å²) in [6.45, 7) is 4.74. The number of benzene rings is 9. The minimum absolute atomic E-state index is 0.150. The number of anilines is 6. The first kappa shape index (κ1) is 32.8. The molecule has 0 atom stereocenters. The van der Waals surface area contributed by atoms with Crippen molar-refractivity contribution in [3.63, 3.8) is 0 Å². The molecule has 1 aliphatic heterocycles. The van der Waals surface area contributed by atoms with Gasteiger partial charge in [-0.2, -0.15) is 0 Å². The highest BCUT2D eigenvalue weighted by molar-refractivity contribution is 6.11. The van der Waals surface area contributed by atoms with E-state index in [1.165, 1.54) is 66.0 Å². The zero-order valence-corrected chi connectivity index (χ0v) is 32.4. The molecule has 12 rings (SSSR count). The van der Waals surface area contributed by atoms with Gasteiger partial charge in [0.2, 0.25) is 0 Å². The summed E-state index contributed by atoms with van der Waals surface area (Å²) in [6, 6.07) is 74.2. The van der Waals surface area contributed by atoms with Crippen molar-refractivity contribution >= 4 is 66.7 Å². The number of rotatable bonds is 3. The van der Waals surface area contributed by atoms with Crippen molar-refractivity contribution in [1.29, 1.82) is 0 Å². The van der Waals surface area contributed by atoms with E-state index in [1.807, 2.05) is 0 Å². The van der Waals surface area contributed by atoms with E-state index >= 15 is 0 Å². The van der Waals surface area contributed by atoms with Crippen molar-refractivity contribution in [1.82, 2.24) is 4.57 Å². The maximum atomic E-state index is 2.45. The Balaban J connectivity index is 1.13. The van der Waals surface area contributed by atoms with Gasteiger partial charge in [-0.15, -0.1) is 0 Å². The first-order chi connectivity index (χ1) is 28.5. The standard InChI is InChI=1S/C55H39N3/c1-55(2)50-28-25-42-33-47(50)48-34-44(26-29-51(48)55)57(52-24-12-14-36-13-6-7-21-45(36)52)41-20-11-16-38(32-41)37-15-10-19-40(31-37)56(42)43-27-30-54-49(35-43)46-22-8-9-23-53(46)58(54)39-17-4-3-5-18-39/h3-35H,1-2H3. The number of aromatic nitrogens is 1. The molecule has 0 N–H and O–H groups in total. The fraction of sp³-hybridized carbons (Fsp3) is 0.0545. The van der Waals surface area contributed by atoms with Gasteiger partial charge in [-0.25, -0.2) is 0 Å². The Labute approximate surface area is 338 Å². The van der Waals surface area contributed by atoms with Gasteiger partial charge in [0, 0.05) is 55.7 Å². The van der Waals surface area contributed by atoms with Gasteiger partial charge in [-0.05, 0) is 130 Å². The predicted molar refractivity (Wildman–Crippen MR) is 244 cm³/mol. The molecule has 58 heavy (non-hydrogen) atoms. The normalized spacial score (nSPS) is 13.8. The van der Waals surface area contributed by atoms with Crippen LogP contribution in [0.25, 0.3) is 60.5 Å². The molecular formula is C55H39N3. The smallest absolute Gasteiger partial charge is 0.0542 e. The van der Waals surface area contributed by atoms with Gasteiger partial charge in [-0.3, -0.25) is 0 Å². The lowest BCUT2D eigenvalue weighted by molar-refractivity contribution is 0.660. The van der Waals surface area contributed by atoms with Crippen LogP contribution >= 0.6 is 0 Å². The van der Waals surface area contributed by atoms with E-state index in [0.717, 1.165) is 39.8 Å². The third-order valence-corrected chi connectivity index (χ3v) is 12.6. The van der Waals surface area contributed by atoms with Crippen molar-refractivity contribution in [3.05, 3.63) is 211 Å². The van der Waals surface area contributed by atoms with Crippen LogP contribution < -0.4 is 9.80 Å². The first-order valence-corrected chi connectivity index (χ1v) is 20.2. The van der Waals surface area contributed by atoms with Crippen LogP contribution in [0.1, 0.15) is 25.0 Å². The van der Waals surface area contributed by atoms with Crippen LogP contribution in [0.2, 0.25) is 0 Å². The molecule has 1 aromatic heterocycles. The summed E-state index contributed by atoms with van der Waals surface area (Å²) in [5.74, 6) is 0. The van der Waals surface area contributed by atoms with E-state index < -0.39 is 0 Å². The highest BCUT2D eigenvalue weighted by Gasteiger charge is 2.37. The van der Waals surface area contributed by atoms with E-state index in [0.29, 0.717) is 0 Å². The van der Waals surface area contributed by atoms with Crippen LogP contribution in [0.5, 0.6) is 0 Å². The summed E-state index contributed by atoms with van der Waals surface area (Å²) in [6.07, 6.45) is 0. The largest absolute Gasteiger partial charge is 0.310 e.